The van der Waals surface area contributed by atoms with Crippen LogP contribution in [0.1, 0.15) is 47.7 Å². The Labute approximate surface area is 136 Å². The molecule has 0 fully saturated rings. The highest BCUT2D eigenvalue weighted by Crippen LogP contribution is 2.33. The number of hydrogen-bond acceptors (Lipinski definition) is 4. The molecule has 1 aliphatic heterocycles. The maximum Gasteiger partial charge on any atom is 0.451 e. The van der Waals surface area contributed by atoms with Gasteiger partial charge in [-0.2, -0.15) is 18.3 Å². The van der Waals surface area contributed by atoms with Crippen molar-refractivity contribution in [3.63, 3.8) is 0 Å². The van der Waals surface area contributed by atoms with Crippen LogP contribution in [0.15, 0.2) is 6.07 Å². The van der Waals surface area contributed by atoms with Crippen LogP contribution < -0.4 is 0 Å². The van der Waals surface area contributed by atoms with Crippen LogP contribution in [0.25, 0.3) is 0 Å². The van der Waals surface area contributed by atoms with E-state index < -0.39 is 18.0 Å². The molecule has 1 amide bonds. The normalized spacial score (nSPS) is 17.9. The lowest BCUT2D eigenvalue weighted by atomic mass is 10.2. The quantitative estimate of drug-likeness (QED) is 0.837. The summed E-state index contributed by atoms with van der Waals surface area (Å²) in [6, 6.07) is 1.08. The van der Waals surface area contributed by atoms with Gasteiger partial charge in [0.05, 0.1) is 11.7 Å². The lowest BCUT2D eigenvalue weighted by Crippen LogP contribution is -2.42. The number of amides is 1. The van der Waals surface area contributed by atoms with Gasteiger partial charge in [0.2, 0.25) is 5.82 Å². The molecular formula is C14H17F3N6O. The number of hydrogen-bond donors (Lipinski definition) is 0. The summed E-state index contributed by atoms with van der Waals surface area (Å²) < 4.78 is 41.5. The van der Waals surface area contributed by atoms with Crippen LogP contribution >= 0.6 is 0 Å². The molecule has 10 heteroatoms. The Balaban J connectivity index is 1.93. The lowest BCUT2D eigenvalue weighted by Gasteiger charge is -2.33. The predicted octanol–water partition coefficient (Wildman–Crippen LogP) is 2.04. The van der Waals surface area contributed by atoms with Crippen molar-refractivity contribution in [1.29, 1.82) is 0 Å². The second kappa shape index (κ2) is 5.60. The van der Waals surface area contributed by atoms with Crippen molar-refractivity contribution in [2.24, 2.45) is 0 Å². The van der Waals surface area contributed by atoms with Crippen LogP contribution in [-0.2, 0) is 19.3 Å². The molecule has 3 heterocycles. The monoisotopic (exact) mass is 342 g/mol. The van der Waals surface area contributed by atoms with E-state index in [4.69, 9.17) is 0 Å². The van der Waals surface area contributed by atoms with Crippen LogP contribution in [0, 0.1) is 6.92 Å². The van der Waals surface area contributed by atoms with E-state index >= 15 is 0 Å². The Bertz CT molecular complexity index is 778. The molecule has 0 radical (unpaired) electrons. The first kappa shape index (κ1) is 16.5. The van der Waals surface area contributed by atoms with Crippen molar-refractivity contribution in [2.45, 2.75) is 46.1 Å². The third kappa shape index (κ3) is 2.55. The SMILES string of the molecule is CCn1nc(C)cc1C(=O)N1CCn2c(nnc2C(F)(F)F)C1C. The summed E-state index contributed by atoms with van der Waals surface area (Å²) in [4.78, 5) is 14.3. The minimum atomic E-state index is -4.56. The number of fused-ring (bicyclic) bond motifs is 1. The van der Waals surface area contributed by atoms with E-state index in [0.29, 0.717) is 17.9 Å². The van der Waals surface area contributed by atoms with Crippen molar-refractivity contribution < 1.29 is 18.0 Å². The lowest BCUT2D eigenvalue weighted by molar-refractivity contribution is -0.148. The first-order valence-electron chi connectivity index (χ1n) is 7.59. The molecule has 0 spiro atoms. The zero-order valence-electron chi connectivity index (χ0n) is 13.5. The van der Waals surface area contributed by atoms with Crippen molar-refractivity contribution in [2.75, 3.05) is 6.54 Å². The van der Waals surface area contributed by atoms with Crippen LogP contribution in [0.4, 0.5) is 13.2 Å². The van der Waals surface area contributed by atoms with Crippen molar-refractivity contribution in [3.05, 3.63) is 29.1 Å². The van der Waals surface area contributed by atoms with Crippen LogP contribution in [0.3, 0.4) is 0 Å². The number of carbonyl (C=O) groups excluding carboxylic acids is 1. The van der Waals surface area contributed by atoms with E-state index in [9.17, 15) is 18.0 Å². The highest BCUT2D eigenvalue weighted by atomic mass is 19.4. The fourth-order valence-corrected chi connectivity index (χ4v) is 2.98. The average molecular weight is 342 g/mol. The van der Waals surface area contributed by atoms with Crippen LogP contribution in [0.2, 0.25) is 0 Å². The van der Waals surface area contributed by atoms with E-state index in [2.05, 4.69) is 15.3 Å². The number of nitrogens with zero attached hydrogens (tertiary/aromatic N) is 6. The summed E-state index contributed by atoms with van der Waals surface area (Å²) in [6.07, 6.45) is -4.56. The smallest absolute Gasteiger partial charge is 0.326 e. The maximum atomic E-state index is 12.9. The summed E-state index contributed by atoms with van der Waals surface area (Å²) in [5.41, 5.74) is 1.14. The van der Waals surface area contributed by atoms with E-state index in [1.54, 1.807) is 24.6 Å². The molecule has 1 unspecified atom stereocenters. The second-order valence-electron chi connectivity index (χ2n) is 5.69. The van der Waals surface area contributed by atoms with E-state index in [1.165, 1.54) is 4.90 Å². The standard InChI is InChI=1S/C14H17F3N6O/c1-4-23-10(7-8(2)20-23)12(24)21-5-6-22-11(9(21)3)18-19-13(22)14(15,16)17/h7,9H,4-6H2,1-3H3. The molecule has 1 atom stereocenters. The van der Waals surface area contributed by atoms with Crippen LogP contribution in [-0.4, -0.2) is 41.9 Å². The summed E-state index contributed by atoms with van der Waals surface area (Å²) in [6.45, 7) is 6.00. The van der Waals surface area contributed by atoms with Gasteiger partial charge < -0.3 is 9.47 Å². The molecular weight excluding hydrogens is 325 g/mol. The number of rotatable bonds is 2. The topological polar surface area (TPSA) is 68.8 Å². The average Bonchev–Trinajstić information content (AvgIpc) is 3.10. The number of carbonyl (C=O) groups is 1. The first-order chi connectivity index (χ1) is 11.2. The van der Waals surface area contributed by atoms with Crippen molar-refractivity contribution in [1.82, 2.24) is 29.4 Å². The van der Waals surface area contributed by atoms with Gasteiger partial charge >= 0.3 is 6.18 Å². The predicted molar refractivity (Wildman–Crippen MR) is 77.1 cm³/mol. The molecule has 0 saturated carbocycles. The second-order valence-corrected chi connectivity index (χ2v) is 5.69. The minimum absolute atomic E-state index is 0.00645. The number of aryl methyl sites for hydroxylation is 2. The van der Waals surface area contributed by atoms with Gasteiger partial charge in [-0.15, -0.1) is 10.2 Å². The van der Waals surface area contributed by atoms with Crippen molar-refractivity contribution >= 4 is 5.91 Å². The van der Waals surface area contributed by atoms with E-state index in [1.807, 2.05) is 6.92 Å². The highest BCUT2D eigenvalue weighted by molar-refractivity contribution is 5.93. The fraction of sp³-hybridized carbons (Fsp3) is 0.571. The molecule has 24 heavy (non-hydrogen) atoms. The zero-order valence-corrected chi connectivity index (χ0v) is 13.5. The molecule has 2 aromatic heterocycles. The molecule has 0 aliphatic carbocycles. The minimum Gasteiger partial charge on any atom is -0.326 e. The Kier molecular flexibility index (Phi) is 3.84. The van der Waals surface area contributed by atoms with Gasteiger partial charge in [-0.1, -0.05) is 0 Å². The number of halogens is 3. The Hall–Kier alpha value is -2.39. The van der Waals surface area contributed by atoms with Gasteiger partial charge in [-0.25, -0.2) is 0 Å². The molecule has 0 aromatic carbocycles. The molecule has 0 saturated heterocycles. The van der Waals surface area contributed by atoms with Gasteiger partial charge in [-0.3, -0.25) is 9.48 Å². The zero-order chi connectivity index (χ0) is 17.6. The number of aromatic nitrogens is 5. The Morgan fingerprint density at radius 1 is 1.33 bits per heavy atom. The first-order valence-corrected chi connectivity index (χ1v) is 7.59. The molecule has 3 rings (SSSR count). The number of alkyl halides is 3. The largest absolute Gasteiger partial charge is 0.451 e. The molecule has 1 aliphatic rings. The van der Waals surface area contributed by atoms with Gasteiger partial charge in [0.1, 0.15) is 5.69 Å². The van der Waals surface area contributed by atoms with Gasteiger partial charge in [0, 0.05) is 19.6 Å². The van der Waals surface area contributed by atoms with Gasteiger partial charge in [0.15, 0.2) is 5.82 Å². The summed E-state index contributed by atoms with van der Waals surface area (Å²) >= 11 is 0. The Morgan fingerprint density at radius 3 is 2.67 bits per heavy atom. The van der Waals surface area contributed by atoms with Crippen LogP contribution in [0.5, 0.6) is 0 Å². The molecule has 2 aromatic rings. The maximum absolute atomic E-state index is 12.9. The van der Waals surface area contributed by atoms with E-state index in [-0.39, 0.29) is 24.8 Å². The van der Waals surface area contributed by atoms with Crippen molar-refractivity contribution in [3.8, 4) is 0 Å². The Morgan fingerprint density at radius 2 is 2.04 bits per heavy atom. The van der Waals surface area contributed by atoms with E-state index in [0.717, 1.165) is 4.57 Å². The molecule has 0 bridgehead atoms. The van der Waals surface area contributed by atoms with Gasteiger partial charge in [0.25, 0.3) is 5.91 Å². The molecule has 7 nitrogen and oxygen atoms in total. The third-order valence-electron chi connectivity index (χ3n) is 4.12. The van der Waals surface area contributed by atoms with Gasteiger partial charge in [-0.05, 0) is 26.8 Å². The fourth-order valence-electron chi connectivity index (χ4n) is 2.98. The molecule has 130 valence electrons. The molecule has 0 N–H and O–H groups in total. The highest BCUT2D eigenvalue weighted by Gasteiger charge is 2.42. The summed E-state index contributed by atoms with van der Waals surface area (Å²) in [7, 11) is 0. The summed E-state index contributed by atoms with van der Waals surface area (Å²) in [5.74, 6) is -1.15. The third-order valence-corrected chi connectivity index (χ3v) is 4.12. The summed E-state index contributed by atoms with van der Waals surface area (Å²) in [5, 5.41) is 11.1.